The van der Waals surface area contributed by atoms with Gasteiger partial charge in [-0.3, -0.25) is 15.0 Å². The van der Waals surface area contributed by atoms with Crippen LogP contribution in [-0.4, -0.2) is 15.6 Å². The van der Waals surface area contributed by atoms with Crippen molar-refractivity contribution in [3.05, 3.63) is 74.6 Å². The van der Waals surface area contributed by atoms with Crippen LogP contribution in [0.4, 0.5) is 0 Å². The number of aromatic nitrogens is 2. The number of benzene rings is 1. The molecule has 2 aromatic heterocycles. The lowest BCUT2D eigenvalue weighted by Gasteiger charge is -2.11. The van der Waals surface area contributed by atoms with Gasteiger partial charge in [-0.1, -0.05) is 23.2 Å². The van der Waals surface area contributed by atoms with Gasteiger partial charge in [0, 0.05) is 22.7 Å². The van der Waals surface area contributed by atoms with Crippen LogP contribution in [0.25, 0.3) is 11.0 Å². The maximum atomic E-state index is 12.3. The van der Waals surface area contributed by atoms with Crippen molar-refractivity contribution in [2.45, 2.75) is 0 Å². The summed E-state index contributed by atoms with van der Waals surface area (Å²) in [5, 5.41) is 1.35. The van der Waals surface area contributed by atoms with Crippen molar-refractivity contribution in [1.29, 1.82) is 0 Å². The summed E-state index contributed by atoms with van der Waals surface area (Å²) in [5.74, 6) is -0.526. The summed E-state index contributed by atoms with van der Waals surface area (Å²) >= 11 is 11.8. The van der Waals surface area contributed by atoms with Gasteiger partial charge in [-0.25, -0.2) is 4.98 Å². The Hall–Kier alpha value is -2.37. The molecule has 0 aliphatic heterocycles. The lowest BCUT2D eigenvalue weighted by atomic mass is 10.2. The SMILES string of the molecule is O=C(Nn1c(=O)ccc2cccnc21)c1ccc(Cl)cc1Cl. The average Bonchev–Trinajstić information content (AvgIpc) is 2.50. The Bertz CT molecular complexity index is 937. The molecule has 0 saturated carbocycles. The first-order chi connectivity index (χ1) is 10.6. The van der Waals surface area contributed by atoms with Crippen LogP contribution in [0, 0.1) is 0 Å². The largest absolute Gasteiger partial charge is 0.271 e. The molecule has 3 aromatic rings. The number of halogens is 2. The van der Waals surface area contributed by atoms with Crippen molar-refractivity contribution in [3.8, 4) is 0 Å². The molecule has 0 saturated heterocycles. The third-order valence-electron chi connectivity index (χ3n) is 3.04. The number of nitrogens with one attached hydrogen (secondary N) is 1. The lowest BCUT2D eigenvalue weighted by Crippen LogP contribution is -2.33. The molecule has 1 aromatic carbocycles. The fourth-order valence-electron chi connectivity index (χ4n) is 2.01. The van der Waals surface area contributed by atoms with Crippen LogP contribution in [0.1, 0.15) is 10.4 Å². The van der Waals surface area contributed by atoms with E-state index in [-0.39, 0.29) is 10.6 Å². The van der Waals surface area contributed by atoms with E-state index >= 15 is 0 Å². The van der Waals surface area contributed by atoms with Gasteiger partial charge in [0.2, 0.25) is 0 Å². The number of hydrogen-bond acceptors (Lipinski definition) is 3. The maximum absolute atomic E-state index is 12.3. The summed E-state index contributed by atoms with van der Waals surface area (Å²) in [6.07, 6.45) is 1.54. The molecule has 3 rings (SSSR count). The molecule has 0 fully saturated rings. The highest BCUT2D eigenvalue weighted by Crippen LogP contribution is 2.21. The summed E-state index contributed by atoms with van der Waals surface area (Å²) in [6.45, 7) is 0. The molecule has 0 atom stereocenters. The number of amides is 1. The van der Waals surface area contributed by atoms with Crippen LogP contribution in [-0.2, 0) is 0 Å². The quantitative estimate of drug-likeness (QED) is 0.783. The van der Waals surface area contributed by atoms with Gasteiger partial charge in [-0.15, -0.1) is 0 Å². The van der Waals surface area contributed by atoms with E-state index < -0.39 is 11.5 Å². The van der Waals surface area contributed by atoms with Crippen LogP contribution in [0.2, 0.25) is 10.0 Å². The minimum atomic E-state index is -0.526. The van der Waals surface area contributed by atoms with E-state index in [2.05, 4.69) is 10.4 Å². The molecule has 22 heavy (non-hydrogen) atoms. The fraction of sp³-hybridized carbons (Fsp3) is 0. The molecule has 0 unspecified atom stereocenters. The molecule has 0 aliphatic rings. The normalized spacial score (nSPS) is 10.6. The molecule has 110 valence electrons. The van der Waals surface area contributed by atoms with Gasteiger partial charge in [0.15, 0.2) is 5.65 Å². The zero-order valence-electron chi connectivity index (χ0n) is 11.1. The number of rotatable bonds is 2. The zero-order chi connectivity index (χ0) is 15.7. The Morgan fingerprint density at radius 2 is 1.95 bits per heavy atom. The van der Waals surface area contributed by atoms with Crippen LogP contribution in [0.5, 0.6) is 0 Å². The van der Waals surface area contributed by atoms with Gasteiger partial charge < -0.3 is 0 Å². The molecular weight excluding hydrogens is 325 g/mol. The van der Waals surface area contributed by atoms with E-state index in [4.69, 9.17) is 23.2 Å². The van der Waals surface area contributed by atoms with E-state index in [1.807, 2.05) is 0 Å². The number of carbonyl (C=O) groups excluding carboxylic acids is 1. The van der Waals surface area contributed by atoms with Crippen molar-refractivity contribution < 1.29 is 4.79 Å². The molecule has 0 radical (unpaired) electrons. The number of carbonyl (C=O) groups is 1. The Labute approximate surface area is 135 Å². The predicted octanol–water partition coefficient (Wildman–Crippen LogP) is 3.09. The van der Waals surface area contributed by atoms with Gasteiger partial charge in [0.25, 0.3) is 11.5 Å². The first-order valence-corrected chi connectivity index (χ1v) is 7.05. The summed E-state index contributed by atoms with van der Waals surface area (Å²) in [5.41, 5.74) is 2.68. The van der Waals surface area contributed by atoms with Crippen LogP contribution < -0.4 is 11.0 Å². The molecule has 1 amide bonds. The Kier molecular flexibility index (Phi) is 3.83. The highest BCUT2D eigenvalue weighted by molar-refractivity contribution is 6.37. The van der Waals surface area contributed by atoms with E-state index in [9.17, 15) is 9.59 Å². The Morgan fingerprint density at radius 1 is 1.14 bits per heavy atom. The number of fused-ring (bicyclic) bond motifs is 1. The second-order valence-electron chi connectivity index (χ2n) is 4.49. The molecule has 5 nitrogen and oxygen atoms in total. The minimum Gasteiger partial charge on any atom is -0.267 e. The van der Waals surface area contributed by atoms with Crippen molar-refractivity contribution >= 4 is 40.1 Å². The second kappa shape index (κ2) is 5.79. The van der Waals surface area contributed by atoms with Crippen molar-refractivity contribution in [3.63, 3.8) is 0 Å². The number of nitrogens with zero attached hydrogens (tertiary/aromatic N) is 2. The molecule has 0 spiro atoms. The third kappa shape index (κ3) is 2.68. The summed E-state index contributed by atoms with van der Waals surface area (Å²) < 4.78 is 1.09. The van der Waals surface area contributed by atoms with E-state index in [0.29, 0.717) is 10.7 Å². The van der Waals surface area contributed by atoms with Gasteiger partial charge in [0.05, 0.1) is 10.6 Å². The molecular formula is C15H9Cl2N3O2. The summed E-state index contributed by atoms with van der Waals surface area (Å²) in [4.78, 5) is 28.4. The molecule has 1 N–H and O–H groups in total. The van der Waals surface area contributed by atoms with Gasteiger partial charge in [-0.2, -0.15) is 4.68 Å². The van der Waals surface area contributed by atoms with Crippen molar-refractivity contribution in [1.82, 2.24) is 9.66 Å². The van der Waals surface area contributed by atoms with Crippen molar-refractivity contribution in [2.24, 2.45) is 0 Å². The number of pyridine rings is 2. The topological polar surface area (TPSA) is 64.0 Å². The van der Waals surface area contributed by atoms with Crippen LogP contribution >= 0.6 is 23.2 Å². The van der Waals surface area contributed by atoms with E-state index in [0.717, 1.165) is 10.1 Å². The van der Waals surface area contributed by atoms with Gasteiger partial charge >= 0.3 is 0 Å². The van der Waals surface area contributed by atoms with Gasteiger partial charge in [0.1, 0.15) is 0 Å². The second-order valence-corrected chi connectivity index (χ2v) is 5.33. The monoisotopic (exact) mass is 333 g/mol. The summed E-state index contributed by atoms with van der Waals surface area (Å²) in [6, 6.07) is 11.0. The fourth-order valence-corrected chi connectivity index (χ4v) is 2.50. The van der Waals surface area contributed by atoms with Crippen molar-refractivity contribution in [2.75, 3.05) is 5.43 Å². The van der Waals surface area contributed by atoms with Crippen LogP contribution in [0.15, 0.2) is 53.5 Å². The smallest absolute Gasteiger partial charge is 0.267 e. The molecule has 2 heterocycles. The Morgan fingerprint density at radius 3 is 2.73 bits per heavy atom. The average molecular weight is 334 g/mol. The Balaban J connectivity index is 2.04. The van der Waals surface area contributed by atoms with Gasteiger partial charge in [-0.05, 0) is 36.4 Å². The van der Waals surface area contributed by atoms with Crippen LogP contribution in [0.3, 0.4) is 0 Å². The van der Waals surface area contributed by atoms with E-state index in [1.165, 1.54) is 18.2 Å². The highest BCUT2D eigenvalue weighted by Gasteiger charge is 2.13. The first kappa shape index (κ1) is 14.6. The minimum absolute atomic E-state index is 0.200. The number of hydrogen-bond donors (Lipinski definition) is 1. The molecule has 7 heteroatoms. The zero-order valence-corrected chi connectivity index (χ0v) is 12.6. The first-order valence-electron chi connectivity index (χ1n) is 6.29. The summed E-state index contributed by atoms with van der Waals surface area (Å²) in [7, 11) is 0. The predicted molar refractivity (Wildman–Crippen MR) is 86.2 cm³/mol. The standard InChI is InChI=1S/C15H9Cl2N3O2/c16-10-4-5-11(12(17)8-10)15(22)19-20-13(21)6-3-9-2-1-7-18-14(9)20/h1-8H,(H,19,22). The maximum Gasteiger partial charge on any atom is 0.271 e. The highest BCUT2D eigenvalue weighted by atomic mass is 35.5. The third-order valence-corrected chi connectivity index (χ3v) is 3.59. The molecule has 0 aliphatic carbocycles. The lowest BCUT2D eigenvalue weighted by molar-refractivity contribution is 0.101. The molecule has 0 bridgehead atoms. The van der Waals surface area contributed by atoms with E-state index in [1.54, 1.807) is 30.5 Å².